The maximum Gasteiger partial charge on any atom is 0.224 e. The topological polar surface area (TPSA) is 41.1 Å². The molecule has 1 saturated heterocycles. The second-order valence-corrected chi connectivity index (χ2v) is 5.92. The van der Waals surface area contributed by atoms with E-state index < -0.39 is 0 Å². The van der Waals surface area contributed by atoms with Gasteiger partial charge in [0.25, 0.3) is 0 Å². The van der Waals surface area contributed by atoms with E-state index in [4.69, 9.17) is 0 Å². The third-order valence-corrected chi connectivity index (χ3v) is 4.58. The molecule has 1 heterocycles. The van der Waals surface area contributed by atoms with E-state index in [2.05, 4.69) is 10.6 Å². The van der Waals surface area contributed by atoms with Crippen molar-refractivity contribution in [1.29, 1.82) is 0 Å². The Hall–Kier alpha value is -1.13. The Labute approximate surface area is 131 Å². The van der Waals surface area contributed by atoms with Gasteiger partial charge in [0.1, 0.15) is 5.82 Å². The maximum atomic E-state index is 13.1. The predicted molar refractivity (Wildman–Crippen MR) is 82.8 cm³/mol. The number of nitrogens with one attached hydrogen (secondary N) is 2. The molecule has 1 aliphatic carbocycles. The first kappa shape index (κ1) is 16.2. The summed E-state index contributed by atoms with van der Waals surface area (Å²) in [5, 5.41) is 6.42. The Morgan fingerprint density at radius 3 is 2.48 bits per heavy atom. The van der Waals surface area contributed by atoms with Gasteiger partial charge in [-0.2, -0.15) is 0 Å². The number of amides is 1. The molecule has 3 nitrogen and oxygen atoms in total. The molecule has 0 aromatic heterocycles. The molecule has 21 heavy (non-hydrogen) atoms. The third-order valence-electron chi connectivity index (χ3n) is 4.58. The lowest BCUT2D eigenvalue weighted by atomic mass is 9.77. The van der Waals surface area contributed by atoms with E-state index in [0.29, 0.717) is 5.92 Å². The minimum Gasteiger partial charge on any atom is -0.349 e. The van der Waals surface area contributed by atoms with E-state index in [1.54, 1.807) is 12.1 Å². The lowest BCUT2D eigenvalue weighted by molar-refractivity contribution is -0.125. The van der Waals surface area contributed by atoms with Crippen molar-refractivity contribution in [2.45, 2.75) is 31.7 Å². The highest BCUT2D eigenvalue weighted by Gasteiger charge is 2.32. The molecular formula is C16H22ClFN2O. The first-order chi connectivity index (χ1) is 9.74. The van der Waals surface area contributed by atoms with Crippen LogP contribution in [0.2, 0.25) is 0 Å². The summed E-state index contributed by atoms with van der Waals surface area (Å²) in [5.41, 5.74) is 1.02. The Morgan fingerprint density at radius 2 is 1.95 bits per heavy atom. The molecule has 5 heteroatoms. The van der Waals surface area contributed by atoms with Gasteiger partial charge in [-0.05, 0) is 49.4 Å². The Kier molecular flexibility index (Phi) is 5.59. The minimum absolute atomic E-state index is 0. The second kappa shape index (κ2) is 7.23. The summed E-state index contributed by atoms with van der Waals surface area (Å²) in [6.07, 6.45) is 4.42. The van der Waals surface area contributed by atoms with Gasteiger partial charge in [-0.25, -0.2) is 4.39 Å². The van der Waals surface area contributed by atoms with Gasteiger partial charge in [-0.15, -0.1) is 12.4 Å². The number of hydrogen-bond donors (Lipinski definition) is 2. The Balaban J connectivity index is 0.00000161. The molecule has 116 valence electrons. The van der Waals surface area contributed by atoms with Crippen LogP contribution in [0.3, 0.4) is 0 Å². The van der Waals surface area contributed by atoms with E-state index in [1.165, 1.54) is 18.6 Å². The SMILES string of the molecule is Cl.O=C(NC(c1ccc(F)cc1)C1CCC1)C1CCNC1. The fourth-order valence-corrected chi connectivity index (χ4v) is 3.07. The number of benzene rings is 1. The number of rotatable bonds is 4. The van der Waals surface area contributed by atoms with Crippen molar-refractivity contribution in [3.05, 3.63) is 35.6 Å². The van der Waals surface area contributed by atoms with E-state index >= 15 is 0 Å². The molecule has 0 bridgehead atoms. The molecule has 3 rings (SSSR count). The summed E-state index contributed by atoms with van der Waals surface area (Å²) in [5.74, 6) is 0.487. The van der Waals surface area contributed by atoms with Crippen molar-refractivity contribution in [3.8, 4) is 0 Å². The van der Waals surface area contributed by atoms with Gasteiger partial charge >= 0.3 is 0 Å². The van der Waals surface area contributed by atoms with Gasteiger partial charge in [0.15, 0.2) is 0 Å². The van der Waals surface area contributed by atoms with Crippen molar-refractivity contribution in [2.24, 2.45) is 11.8 Å². The highest BCUT2D eigenvalue weighted by molar-refractivity contribution is 5.85. The Morgan fingerprint density at radius 1 is 1.24 bits per heavy atom. The summed E-state index contributed by atoms with van der Waals surface area (Å²) in [4.78, 5) is 12.3. The standard InChI is InChI=1S/C16H21FN2O.ClH/c17-14-6-4-12(5-7-14)15(11-2-1-3-11)19-16(20)13-8-9-18-10-13;/h4-7,11,13,15,18H,1-3,8-10H2,(H,19,20);1H. The monoisotopic (exact) mass is 312 g/mol. The fourth-order valence-electron chi connectivity index (χ4n) is 3.07. The van der Waals surface area contributed by atoms with Gasteiger partial charge < -0.3 is 10.6 Å². The Bertz CT molecular complexity index is 470. The number of carbonyl (C=O) groups excluding carboxylic acids is 1. The van der Waals surface area contributed by atoms with Crippen molar-refractivity contribution in [2.75, 3.05) is 13.1 Å². The maximum absolute atomic E-state index is 13.1. The summed E-state index contributed by atoms with van der Waals surface area (Å²) in [6, 6.07) is 6.59. The van der Waals surface area contributed by atoms with Crippen LogP contribution in [0.1, 0.15) is 37.3 Å². The van der Waals surface area contributed by atoms with E-state index in [9.17, 15) is 9.18 Å². The van der Waals surface area contributed by atoms with Crippen molar-refractivity contribution >= 4 is 18.3 Å². The summed E-state index contributed by atoms with van der Waals surface area (Å²) in [7, 11) is 0. The molecule has 2 N–H and O–H groups in total. The van der Waals surface area contributed by atoms with Gasteiger partial charge in [-0.1, -0.05) is 18.6 Å². The molecule has 2 unspecified atom stereocenters. The zero-order valence-electron chi connectivity index (χ0n) is 12.0. The molecule has 1 aromatic rings. The number of carbonyl (C=O) groups is 1. The van der Waals surface area contributed by atoms with Crippen LogP contribution in [0, 0.1) is 17.7 Å². The van der Waals surface area contributed by atoms with Crippen LogP contribution in [0.15, 0.2) is 24.3 Å². The van der Waals surface area contributed by atoms with Gasteiger partial charge in [-0.3, -0.25) is 4.79 Å². The zero-order valence-corrected chi connectivity index (χ0v) is 12.8. The predicted octanol–water partition coefficient (Wildman–Crippen LogP) is 2.81. The molecule has 1 aliphatic heterocycles. The van der Waals surface area contributed by atoms with E-state index in [-0.39, 0.29) is 36.1 Å². The van der Waals surface area contributed by atoms with Crippen LogP contribution in [0.5, 0.6) is 0 Å². The molecule has 2 aliphatic rings. The van der Waals surface area contributed by atoms with Crippen molar-refractivity contribution < 1.29 is 9.18 Å². The lowest BCUT2D eigenvalue weighted by Gasteiger charge is -2.35. The molecule has 2 fully saturated rings. The van der Waals surface area contributed by atoms with Gasteiger partial charge in [0.05, 0.1) is 12.0 Å². The molecule has 1 saturated carbocycles. The van der Waals surface area contributed by atoms with Crippen LogP contribution in [0.25, 0.3) is 0 Å². The molecule has 0 radical (unpaired) electrons. The molecule has 1 amide bonds. The third kappa shape index (κ3) is 3.74. The first-order valence-corrected chi connectivity index (χ1v) is 7.50. The number of hydrogen-bond acceptors (Lipinski definition) is 2. The smallest absolute Gasteiger partial charge is 0.224 e. The summed E-state index contributed by atoms with van der Waals surface area (Å²) in [6.45, 7) is 1.69. The van der Waals surface area contributed by atoms with Crippen LogP contribution in [-0.4, -0.2) is 19.0 Å². The summed E-state index contributed by atoms with van der Waals surface area (Å²) >= 11 is 0. The first-order valence-electron chi connectivity index (χ1n) is 7.50. The highest BCUT2D eigenvalue weighted by Crippen LogP contribution is 2.38. The molecule has 0 spiro atoms. The molecular weight excluding hydrogens is 291 g/mol. The average Bonchev–Trinajstić information content (AvgIpc) is 2.90. The average molecular weight is 313 g/mol. The largest absolute Gasteiger partial charge is 0.349 e. The van der Waals surface area contributed by atoms with E-state index in [0.717, 1.165) is 37.9 Å². The van der Waals surface area contributed by atoms with Crippen LogP contribution < -0.4 is 10.6 Å². The fraction of sp³-hybridized carbons (Fsp3) is 0.562. The quantitative estimate of drug-likeness (QED) is 0.897. The van der Waals surface area contributed by atoms with Crippen LogP contribution >= 0.6 is 12.4 Å². The highest BCUT2D eigenvalue weighted by atomic mass is 35.5. The molecule has 2 atom stereocenters. The summed E-state index contributed by atoms with van der Waals surface area (Å²) < 4.78 is 13.1. The minimum atomic E-state index is -0.229. The van der Waals surface area contributed by atoms with Gasteiger partial charge in [0, 0.05) is 6.54 Å². The van der Waals surface area contributed by atoms with Crippen LogP contribution in [-0.2, 0) is 4.79 Å². The number of halogens is 2. The van der Waals surface area contributed by atoms with Crippen LogP contribution in [0.4, 0.5) is 4.39 Å². The molecule has 1 aromatic carbocycles. The van der Waals surface area contributed by atoms with Gasteiger partial charge in [0.2, 0.25) is 5.91 Å². The van der Waals surface area contributed by atoms with Crippen molar-refractivity contribution in [1.82, 2.24) is 10.6 Å². The lowest BCUT2D eigenvalue weighted by Crippen LogP contribution is -2.40. The second-order valence-electron chi connectivity index (χ2n) is 5.92. The zero-order chi connectivity index (χ0) is 13.9. The van der Waals surface area contributed by atoms with Crippen molar-refractivity contribution in [3.63, 3.8) is 0 Å². The normalized spacial score (nSPS) is 23.0. The van der Waals surface area contributed by atoms with E-state index in [1.807, 2.05) is 0 Å².